The van der Waals surface area contributed by atoms with Crippen LogP contribution in [0.1, 0.15) is 29.6 Å². The van der Waals surface area contributed by atoms with Gasteiger partial charge in [-0.05, 0) is 50.1 Å². The van der Waals surface area contributed by atoms with Crippen LogP contribution in [0, 0.1) is 0 Å². The van der Waals surface area contributed by atoms with E-state index in [9.17, 15) is 18.0 Å². The van der Waals surface area contributed by atoms with Gasteiger partial charge in [0.25, 0.3) is 5.91 Å². The molecule has 1 aliphatic rings. The number of carbonyl (C=O) groups is 1. The largest absolute Gasteiger partial charge is 0.573 e. The Balaban J connectivity index is 1.79. The third-order valence-corrected chi connectivity index (χ3v) is 3.29. The van der Waals surface area contributed by atoms with Crippen molar-refractivity contribution < 1.29 is 22.7 Å². The van der Waals surface area contributed by atoms with Crippen LogP contribution >= 0.6 is 0 Å². The summed E-state index contributed by atoms with van der Waals surface area (Å²) >= 11 is 0. The number of amides is 1. The van der Waals surface area contributed by atoms with E-state index in [0.29, 0.717) is 18.2 Å². The van der Waals surface area contributed by atoms with Gasteiger partial charge in [0.05, 0.1) is 0 Å². The number of alkyl halides is 3. The standard InChI is InChI=1S/C14H17F3N2O2/c15-14(16,17)21-12-5-3-10(4-6-12)13(20)19-9-7-11-2-1-8-18-11/h3-6,11,18H,1-2,7-9H2,(H,19,20)/t11-/m1/s1. The van der Waals surface area contributed by atoms with Crippen LogP contribution in [0.5, 0.6) is 5.75 Å². The Labute approximate surface area is 120 Å². The van der Waals surface area contributed by atoms with Crippen LogP contribution in [0.4, 0.5) is 13.2 Å². The smallest absolute Gasteiger partial charge is 0.406 e. The molecule has 0 spiro atoms. The Morgan fingerprint density at radius 1 is 1.33 bits per heavy atom. The van der Waals surface area contributed by atoms with E-state index in [1.807, 2.05) is 0 Å². The van der Waals surface area contributed by atoms with Gasteiger partial charge in [-0.3, -0.25) is 4.79 Å². The highest BCUT2D eigenvalue weighted by Gasteiger charge is 2.31. The molecule has 2 N–H and O–H groups in total. The molecule has 1 aromatic rings. The molecule has 21 heavy (non-hydrogen) atoms. The maximum atomic E-state index is 12.0. The topological polar surface area (TPSA) is 50.4 Å². The summed E-state index contributed by atoms with van der Waals surface area (Å²) in [4.78, 5) is 11.8. The van der Waals surface area contributed by atoms with E-state index in [0.717, 1.165) is 37.9 Å². The third kappa shape index (κ3) is 5.26. The summed E-state index contributed by atoms with van der Waals surface area (Å²) in [6, 6.07) is 5.31. The number of benzene rings is 1. The van der Waals surface area contributed by atoms with Crippen molar-refractivity contribution in [1.82, 2.24) is 10.6 Å². The summed E-state index contributed by atoms with van der Waals surface area (Å²) in [6.07, 6.45) is -1.61. The molecule has 0 aliphatic carbocycles. The van der Waals surface area contributed by atoms with Crippen molar-refractivity contribution in [3.63, 3.8) is 0 Å². The lowest BCUT2D eigenvalue weighted by molar-refractivity contribution is -0.274. The minimum absolute atomic E-state index is 0.299. The van der Waals surface area contributed by atoms with Crippen molar-refractivity contribution in [1.29, 1.82) is 0 Å². The fourth-order valence-corrected chi connectivity index (χ4v) is 2.27. The molecule has 1 fully saturated rings. The number of nitrogens with one attached hydrogen (secondary N) is 2. The van der Waals surface area contributed by atoms with Crippen LogP contribution in [0.2, 0.25) is 0 Å². The Morgan fingerprint density at radius 2 is 2.05 bits per heavy atom. The normalized spacial score (nSPS) is 18.5. The summed E-state index contributed by atoms with van der Waals surface area (Å²) in [5.41, 5.74) is 0.309. The summed E-state index contributed by atoms with van der Waals surface area (Å²) in [5, 5.41) is 6.08. The zero-order chi connectivity index (χ0) is 15.3. The summed E-state index contributed by atoms with van der Waals surface area (Å²) in [5.74, 6) is -0.638. The Kier molecular flexibility index (Phi) is 5.06. The zero-order valence-electron chi connectivity index (χ0n) is 11.4. The van der Waals surface area contributed by atoms with Crippen molar-refractivity contribution in [3.05, 3.63) is 29.8 Å². The number of hydrogen-bond acceptors (Lipinski definition) is 3. The number of carbonyl (C=O) groups excluding carboxylic acids is 1. The van der Waals surface area contributed by atoms with Crippen LogP contribution in [0.25, 0.3) is 0 Å². The van der Waals surface area contributed by atoms with Crippen molar-refractivity contribution in [2.45, 2.75) is 31.7 Å². The molecule has 1 aromatic carbocycles. The third-order valence-electron chi connectivity index (χ3n) is 3.29. The predicted octanol–water partition coefficient (Wildman–Crippen LogP) is 2.46. The summed E-state index contributed by atoms with van der Waals surface area (Å²) in [6.45, 7) is 1.55. The summed E-state index contributed by atoms with van der Waals surface area (Å²) < 4.78 is 39.8. The first-order valence-corrected chi connectivity index (χ1v) is 6.81. The fourth-order valence-electron chi connectivity index (χ4n) is 2.27. The second-order valence-electron chi connectivity index (χ2n) is 4.91. The quantitative estimate of drug-likeness (QED) is 0.878. The molecule has 2 rings (SSSR count). The highest BCUT2D eigenvalue weighted by Crippen LogP contribution is 2.22. The van der Waals surface area contributed by atoms with Gasteiger partial charge in [-0.25, -0.2) is 0 Å². The lowest BCUT2D eigenvalue weighted by atomic mass is 10.1. The lowest BCUT2D eigenvalue weighted by Gasteiger charge is -2.11. The van der Waals surface area contributed by atoms with Crippen molar-refractivity contribution >= 4 is 5.91 Å². The van der Waals surface area contributed by atoms with Crippen LogP contribution in [0.3, 0.4) is 0 Å². The van der Waals surface area contributed by atoms with Gasteiger partial charge in [-0.1, -0.05) is 0 Å². The Hall–Kier alpha value is -1.76. The van der Waals surface area contributed by atoms with Crippen molar-refractivity contribution in [2.24, 2.45) is 0 Å². The molecule has 7 heteroatoms. The fraction of sp³-hybridized carbons (Fsp3) is 0.500. The van der Waals surface area contributed by atoms with E-state index in [-0.39, 0.29) is 11.7 Å². The van der Waals surface area contributed by atoms with Crippen LogP contribution < -0.4 is 15.4 Å². The van der Waals surface area contributed by atoms with Crippen molar-refractivity contribution in [2.75, 3.05) is 13.1 Å². The van der Waals surface area contributed by atoms with E-state index >= 15 is 0 Å². The molecule has 0 saturated carbocycles. The van der Waals surface area contributed by atoms with Crippen molar-refractivity contribution in [3.8, 4) is 5.75 Å². The molecule has 0 bridgehead atoms. The first-order chi connectivity index (χ1) is 9.94. The molecule has 0 unspecified atom stereocenters. The molecular formula is C14H17F3N2O2. The van der Waals surface area contributed by atoms with Crippen LogP contribution in [0.15, 0.2) is 24.3 Å². The van der Waals surface area contributed by atoms with Gasteiger partial charge >= 0.3 is 6.36 Å². The average Bonchev–Trinajstić information content (AvgIpc) is 2.91. The Bertz CT molecular complexity index is 468. The highest BCUT2D eigenvalue weighted by atomic mass is 19.4. The van der Waals surface area contributed by atoms with Gasteiger partial charge in [0.2, 0.25) is 0 Å². The SMILES string of the molecule is O=C(NCC[C@H]1CCCN1)c1ccc(OC(F)(F)F)cc1. The minimum Gasteiger partial charge on any atom is -0.406 e. The first-order valence-electron chi connectivity index (χ1n) is 6.81. The predicted molar refractivity (Wildman–Crippen MR) is 71.1 cm³/mol. The number of halogens is 3. The van der Waals surface area contributed by atoms with Crippen LogP contribution in [-0.4, -0.2) is 31.4 Å². The van der Waals surface area contributed by atoms with E-state index < -0.39 is 6.36 Å². The molecule has 0 radical (unpaired) electrons. The van der Waals surface area contributed by atoms with Gasteiger partial charge in [-0.15, -0.1) is 13.2 Å². The number of hydrogen-bond donors (Lipinski definition) is 2. The average molecular weight is 302 g/mol. The highest BCUT2D eigenvalue weighted by molar-refractivity contribution is 5.94. The molecular weight excluding hydrogens is 285 g/mol. The number of rotatable bonds is 5. The minimum atomic E-state index is -4.72. The molecule has 0 aromatic heterocycles. The molecule has 1 atom stereocenters. The zero-order valence-corrected chi connectivity index (χ0v) is 11.4. The monoisotopic (exact) mass is 302 g/mol. The molecule has 1 heterocycles. The molecule has 1 saturated heterocycles. The Morgan fingerprint density at radius 3 is 2.62 bits per heavy atom. The molecule has 1 aliphatic heterocycles. The van der Waals surface area contributed by atoms with Crippen LogP contribution in [-0.2, 0) is 0 Å². The van der Waals surface area contributed by atoms with Gasteiger partial charge < -0.3 is 15.4 Å². The maximum Gasteiger partial charge on any atom is 0.573 e. The molecule has 116 valence electrons. The first kappa shape index (κ1) is 15.6. The van der Waals surface area contributed by atoms with Gasteiger partial charge in [0, 0.05) is 18.2 Å². The summed E-state index contributed by atoms with van der Waals surface area (Å²) in [7, 11) is 0. The van der Waals surface area contributed by atoms with Gasteiger partial charge in [0.15, 0.2) is 0 Å². The van der Waals surface area contributed by atoms with E-state index in [4.69, 9.17) is 0 Å². The van der Waals surface area contributed by atoms with Gasteiger partial charge in [0.1, 0.15) is 5.75 Å². The second kappa shape index (κ2) is 6.80. The maximum absolute atomic E-state index is 12.0. The van der Waals surface area contributed by atoms with E-state index in [2.05, 4.69) is 15.4 Å². The second-order valence-corrected chi connectivity index (χ2v) is 4.91. The van der Waals surface area contributed by atoms with E-state index in [1.54, 1.807) is 0 Å². The number of ether oxygens (including phenoxy) is 1. The van der Waals surface area contributed by atoms with E-state index in [1.165, 1.54) is 12.1 Å². The molecule has 4 nitrogen and oxygen atoms in total. The molecule has 1 amide bonds. The van der Waals surface area contributed by atoms with Gasteiger partial charge in [-0.2, -0.15) is 0 Å². The lowest BCUT2D eigenvalue weighted by Crippen LogP contribution is -2.30.